The van der Waals surface area contributed by atoms with Crippen molar-refractivity contribution in [3.05, 3.63) is 23.9 Å². The fourth-order valence-electron chi connectivity index (χ4n) is 1.18. The molecule has 1 rings (SSSR count). The third kappa shape index (κ3) is 2.77. The molecular weight excluding hydrogens is 172 g/mol. The number of anilines is 1. The molecular formula is C12H16N2. The lowest BCUT2D eigenvalue weighted by Crippen LogP contribution is -2.23. The van der Waals surface area contributed by atoms with Crippen molar-refractivity contribution in [2.45, 2.75) is 26.8 Å². The fraction of sp³-hybridized carbons (Fsp3) is 0.417. The second-order valence-corrected chi connectivity index (χ2v) is 3.75. The van der Waals surface area contributed by atoms with E-state index in [1.807, 2.05) is 19.1 Å². The van der Waals surface area contributed by atoms with Crippen LogP contribution in [0.4, 0.5) is 5.82 Å². The van der Waals surface area contributed by atoms with Crippen LogP contribution in [-0.4, -0.2) is 11.0 Å². The molecule has 0 aliphatic heterocycles. The highest BCUT2D eigenvalue weighted by Crippen LogP contribution is 2.10. The first-order valence-corrected chi connectivity index (χ1v) is 4.79. The van der Waals surface area contributed by atoms with Gasteiger partial charge in [0.2, 0.25) is 0 Å². The van der Waals surface area contributed by atoms with Gasteiger partial charge in [-0.3, -0.25) is 0 Å². The maximum Gasteiger partial charge on any atom is 0.127 e. The summed E-state index contributed by atoms with van der Waals surface area (Å²) in [7, 11) is 0. The number of pyridine rings is 1. The van der Waals surface area contributed by atoms with E-state index in [2.05, 4.69) is 30.1 Å². The van der Waals surface area contributed by atoms with Gasteiger partial charge in [0.1, 0.15) is 5.82 Å². The van der Waals surface area contributed by atoms with Gasteiger partial charge in [-0.2, -0.15) is 0 Å². The van der Waals surface area contributed by atoms with Crippen molar-refractivity contribution >= 4 is 5.82 Å². The third-order valence-electron chi connectivity index (χ3n) is 2.07. The zero-order valence-corrected chi connectivity index (χ0v) is 8.91. The normalized spacial score (nSPS) is 12.2. The summed E-state index contributed by atoms with van der Waals surface area (Å²) in [6, 6.07) is 4.00. The highest BCUT2D eigenvalue weighted by molar-refractivity contribution is 5.40. The van der Waals surface area contributed by atoms with E-state index in [0.29, 0.717) is 5.92 Å². The van der Waals surface area contributed by atoms with E-state index in [1.54, 1.807) is 6.20 Å². The molecule has 1 atom stereocenters. The zero-order valence-electron chi connectivity index (χ0n) is 8.91. The lowest BCUT2D eigenvalue weighted by atomic mass is 10.1. The number of nitrogens with one attached hydrogen (secondary N) is 1. The summed E-state index contributed by atoms with van der Waals surface area (Å²) in [5.41, 5.74) is 1.18. The van der Waals surface area contributed by atoms with Gasteiger partial charge in [-0.15, -0.1) is 6.42 Å². The van der Waals surface area contributed by atoms with Crippen LogP contribution in [-0.2, 0) is 0 Å². The molecule has 0 bridgehead atoms. The molecule has 1 aromatic heterocycles. The minimum atomic E-state index is 0.0456. The summed E-state index contributed by atoms with van der Waals surface area (Å²) < 4.78 is 0. The summed E-state index contributed by atoms with van der Waals surface area (Å²) in [5, 5.41) is 3.22. The molecule has 0 aliphatic carbocycles. The summed E-state index contributed by atoms with van der Waals surface area (Å²) in [6.45, 7) is 6.22. The van der Waals surface area contributed by atoms with Crippen LogP contribution in [0, 0.1) is 25.2 Å². The quantitative estimate of drug-likeness (QED) is 0.737. The van der Waals surface area contributed by atoms with Gasteiger partial charge < -0.3 is 5.32 Å². The molecule has 0 amide bonds. The molecule has 74 valence electrons. The Labute approximate surface area is 85.8 Å². The summed E-state index contributed by atoms with van der Waals surface area (Å²) in [4.78, 5) is 4.20. The van der Waals surface area contributed by atoms with Crippen molar-refractivity contribution in [2.24, 2.45) is 5.92 Å². The topological polar surface area (TPSA) is 24.9 Å². The number of aromatic nitrogens is 1. The molecule has 0 fully saturated rings. The average Bonchev–Trinajstić information content (AvgIpc) is 2.14. The van der Waals surface area contributed by atoms with Crippen molar-refractivity contribution < 1.29 is 0 Å². The molecule has 0 aromatic carbocycles. The van der Waals surface area contributed by atoms with Crippen molar-refractivity contribution in [3.8, 4) is 12.3 Å². The Hall–Kier alpha value is -1.49. The van der Waals surface area contributed by atoms with Crippen molar-refractivity contribution in [1.82, 2.24) is 4.98 Å². The van der Waals surface area contributed by atoms with E-state index in [-0.39, 0.29) is 6.04 Å². The molecule has 0 saturated heterocycles. The molecule has 2 heteroatoms. The van der Waals surface area contributed by atoms with Gasteiger partial charge in [0, 0.05) is 6.20 Å². The Bertz CT molecular complexity index is 336. The van der Waals surface area contributed by atoms with Crippen LogP contribution in [0.15, 0.2) is 18.3 Å². The number of hydrogen-bond donors (Lipinski definition) is 1. The molecule has 1 unspecified atom stereocenters. The molecule has 1 N–H and O–H groups in total. The van der Waals surface area contributed by atoms with E-state index >= 15 is 0 Å². The third-order valence-corrected chi connectivity index (χ3v) is 2.07. The van der Waals surface area contributed by atoms with E-state index in [0.717, 1.165) is 5.82 Å². The Morgan fingerprint density at radius 3 is 2.71 bits per heavy atom. The molecule has 0 aliphatic rings. The number of hydrogen-bond acceptors (Lipinski definition) is 2. The van der Waals surface area contributed by atoms with Gasteiger partial charge in [-0.25, -0.2) is 4.98 Å². The van der Waals surface area contributed by atoms with Gasteiger partial charge in [0.05, 0.1) is 6.04 Å². The maximum atomic E-state index is 5.42. The molecule has 0 spiro atoms. The summed E-state index contributed by atoms with van der Waals surface area (Å²) in [5.74, 6) is 3.97. The Kier molecular flexibility index (Phi) is 3.53. The second-order valence-electron chi connectivity index (χ2n) is 3.75. The van der Waals surface area contributed by atoms with Gasteiger partial charge in [0.25, 0.3) is 0 Å². The van der Waals surface area contributed by atoms with Gasteiger partial charge >= 0.3 is 0 Å². The van der Waals surface area contributed by atoms with Crippen LogP contribution >= 0.6 is 0 Å². The average molecular weight is 188 g/mol. The van der Waals surface area contributed by atoms with Crippen LogP contribution in [0.2, 0.25) is 0 Å². The van der Waals surface area contributed by atoms with E-state index in [4.69, 9.17) is 6.42 Å². The molecule has 0 radical (unpaired) electrons. The van der Waals surface area contributed by atoms with Gasteiger partial charge in [-0.05, 0) is 30.5 Å². The minimum Gasteiger partial charge on any atom is -0.356 e. The van der Waals surface area contributed by atoms with Crippen LogP contribution in [0.5, 0.6) is 0 Å². The van der Waals surface area contributed by atoms with E-state index in [1.165, 1.54) is 5.56 Å². The fourth-order valence-corrected chi connectivity index (χ4v) is 1.18. The minimum absolute atomic E-state index is 0.0456. The first kappa shape index (κ1) is 10.6. The van der Waals surface area contributed by atoms with Gasteiger partial charge in [-0.1, -0.05) is 19.8 Å². The SMILES string of the molecule is C#CC(Nc1cc(C)ccn1)C(C)C. The molecule has 0 saturated carbocycles. The predicted octanol–water partition coefficient (Wildman–Crippen LogP) is 2.46. The smallest absolute Gasteiger partial charge is 0.127 e. The van der Waals surface area contributed by atoms with E-state index in [9.17, 15) is 0 Å². The molecule has 2 nitrogen and oxygen atoms in total. The first-order valence-electron chi connectivity index (χ1n) is 4.79. The lowest BCUT2D eigenvalue weighted by molar-refractivity contribution is 0.612. The number of terminal acetylenes is 1. The van der Waals surface area contributed by atoms with Crippen molar-refractivity contribution in [2.75, 3.05) is 5.32 Å². The highest BCUT2D eigenvalue weighted by atomic mass is 15.0. The summed E-state index contributed by atoms with van der Waals surface area (Å²) >= 11 is 0. The van der Waals surface area contributed by atoms with Gasteiger partial charge in [0.15, 0.2) is 0 Å². The first-order chi connectivity index (χ1) is 6.63. The molecule has 14 heavy (non-hydrogen) atoms. The summed E-state index contributed by atoms with van der Waals surface area (Å²) in [6.07, 6.45) is 7.20. The predicted molar refractivity (Wildman–Crippen MR) is 60.1 cm³/mol. The standard InChI is InChI=1S/C12H16N2/c1-5-11(9(2)3)14-12-8-10(4)6-7-13-12/h1,6-9,11H,2-4H3,(H,13,14). The highest BCUT2D eigenvalue weighted by Gasteiger charge is 2.09. The van der Waals surface area contributed by atoms with Crippen LogP contribution in [0.25, 0.3) is 0 Å². The van der Waals surface area contributed by atoms with E-state index < -0.39 is 0 Å². The van der Waals surface area contributed by atoms with Crippen molar-refractivity contribution in [3.63, 3.8) is 0 Å². The second kappa shape index (κ2) is 4.66. The number of nitrogens with zero attached hydrogens (tertiary/aromatic N) is 1. The monoisotopic (exact) mass is 188 g/mol. The maximum absolute atomic E-state index is 5.42. The Balaban J connectivity index is 2.73. The number of rotatable bonds is 3. The number of aryl methyl sites for hydroxylation is 1. The van der Waals surface area contributed by atoms with Crippen molar-refractivity contribution in [1.29, 1.82) is 0 Å². The van der Waals surface area contributed by atoms with Crippen LogP contribution < -0.4 is 5.32 Å². The Morgan fingerprint density at radius 2 is 2.21 bits per heavy atom. The lowest BCUT2D eigenvalue weighted by Gasteiger charge is -2.17. The molecule has 1 heterocycles. The Morgan fingerprint density at radius 1 is 1.50 bits per heavy atom. The molecule has 1 aromatic rings. The van der Waals surface area contributed by atoms with Crippen LogP contribution in [0.3, 0.4) is 0 Å². The largest absolute Gasteiger partial charge is 0.356 e. The van der Waals surface area contributed by atoms with Crippen LogP contribution in [0.1, 0.15) is 19.4 Å². The zero-order chi connectivity index (χ0) is 10.6.